The molecule has 61 heavy (non-hydrogen) atoms. The summed E-state index contributed by atoms with van der Waals surface area (Å²) in [6.07, 6.45) is -3.54. The largest absolute Gasteiger partial charge is 0.403 e. The molecule has 342 valence electrons. The number of benzene rings is 1. The number of hydrogen-bond donors (Lipinski definition) is 5. The topological polar surface area (TPSA) is 186 Å². The Morgan fingerprint density at radius 3 is 2.15 bits per heavy atom. The normalized spacial score (nSPS) is 23.3. The van der Waals surface area contributed by atoms with E-state index in [0.717, 1.165) is 4.90 Å². The number of alkyl halides is 3. The van der Waals surface area contributed by atoms with Gasteiger partial charge in [0.1, 0.15) is 41.7 Å². The van der Waals surface area contributed by atoms with Crippen molar-refractivity contribution >= 4 is 64.6 Å². The molecule has 0 radical (unpaired) electrons. The Hall–Kier alpha value is -4.12. The maximum Gasteiger partial charge on any atom is 0.403 e. The third kappa shape index (κ3) is 13.4. The second-order valence-electron chi connectivity index (χ2n) is 16.6. The van der Waals surface area contributed by atoms with Crippen molar-refractivity contribution in [1.82, 2.24) is 36.4 Å². The summed E-state index contributed by atoms with van der Waals surface area (Å²) in [5, 5.41) is 13.8. The predicted octanol–water partition coefficient (Wildman–Crippen LogP) is 4.83. The summed E-state index contributed by atoms with van der Waals surface area (Å²) >= 11 is 12.7. The summed E-state index contributed by atoms with van der Waals surface area (Å²) in [5.74, 6) is -5.38. The van der Waals surface area contributed by atoms with Gasteiger partial charge in [0.2, 0.25) is 41.4 Å². The lowest BCUT2D eigenvalue weighted by atomic mass is 9.72. The number of likely N-dealkylation sites (N-methyl/N-ethyl adjacent to an activating group) is 2. The van der Waals surface area contributed by atoms with E-state index in [-0.39, 0.29) is 70.3 Å². The maximum atomic E-state index is 14.4. The molecule has 0 aromatic heterocycles. The van der Waals surface area contributed by atoms with Gasteiger partial charge in [0.05, 0.1) is 0 Å². The van der Waals surface area contributed by atoms with Crippen LogP contribution >= 0.6 is 23.2 Å². The van der Waals surface area contributed by atoms with Crippen molar-refractivity contribution in [2.75, 3.05) is 20.6 Å². The number of carbonyl (C=O) groups is 7. The molecule has 2 fully saturated rings. The van der Waals surface area contributed by atoms with Crippen molar-refractivity contribution in [3.8, 4) is 0 Å². The fraction of sp³-hybridized carbons (Fsp3) is 0.690. The fourth-order valence-electron chi connectivity index (χ4n) is 7.87. The Bertz CT molecular complexity index is 1740. The molecule has 6 atom stereocenters. The van der Waals surface area contributed by atoms with Crippen LogP contribution in [0, 0.1) is 11.3 Å². The first-order valence-electron chi connectivity index (χ1n) is 21.1. The first-order valence-corrected chi connectivity index (χ1v) is 21.9. The Morgan fingerprint density at radius 2 is 1.56 bits per heavy atom. The molecule has 2 aliphatic rings. The SMILES string of the molecule is CC[C@H](NC(=O)C1(C(F)(F)F)CCCCC1)C(=O)N[C@@H](C)C(=O)N(C)[C@H]1CCCCNC(=O)[C@@H](CC)NC(=O)[C@H](Cc2cc(Cl)ccc2Cl)N(C)C(=O)[C@H](CC(C)C)NC1=O. The molecule has 14 nitrogen and oxygen atoms in total. The molecule has 5 N–H and O–H groups in total. The molecule has 1 aliphatic carbocycles. The zero-order valence-corrected chi connectivity index (χ0v) is 37.6. The first kappa shape index (κ1) is 51.2. The minimum atomic E-state index is -4.82. The number of amides is 7. The quantitative estimate of drug-likeness (QED) is 0.199. The van der Waals surface area contributed by atoms with Crippen LogP contribution in [0.5, 0.6) is 0 Å². The molecule has 1 aromatic rings. The van der Waals surface area contributed by atoms with E-state index in [0.29, 0.717) is 34.9 Å². The lowest BCUT2D eigenvalue weighted by Crippen LogP contribution is -2.60. The second-order valence-corrected chi connectivity index (χ2v) is 17.5. The molecule has 0 spiro atoms. The molecule has 0 unspecified atom stereocenters. The third-order valence-electron chi connectivity index (χ3n) is 11.7. The second kappa shape index (κ2) is 22.8. The molecule has 3 rings (SSSR count). The zero-order valence-electron chi connectivity index (χ0n) is 36.1. The van der Waals surface area contributed by atoms with E-state index in [9.17, 15) is 46.7 Å². The van der Waals surface area contributed by atoms with E-state index in [4.69, 9.17) is 23.2 Å². The Morgan fingerprint density at radius 1 is 0.918 bits per heavy atom. The summed E-state index contributed by atoms with van der Waals surface area (Å²) in [4.78, 5) is 98.7. The highest BCUT2D eigenvalue weighted by molar-refractivity contribution is 6.33. The molecule has 1 saturated carbocycles. The van der Waals surface area contributed by atoms with Crippen LogP contribution in [0.25, 0.3) is 0 Å². The minimum Gasteiger partial charge on any atom is -0.354 e. The smallest absolute Gasteiger partial charge is 0.354 e. The average Bonchev–Trinajstić information content (AvgIpc) is 3.20. The molecule has 0 bridgehead atoms. The number of rotatable bonds is 12. The Kier molecular flexibility index (Phi) is 19.2. The molecule has 7 amide bonds. The number of hydrogen-bond acceptors (Lipinski definition) is 7. The fourth-order valence-corrected chi connectivity index (χ4v) is 8.26. The molecule has 1 heterocycles. The van der Waals surface area contributed by atoms with Crippen LogP contribution < -0.4 is 26.6 Å². The van der Waals surface area contributed by atoms with E-state index in [2.05, 4.69) is 26.6 Å². The van der Waals surface area contributed by atoms with Crippen molar-refractivity contribution in [3.05, 3.63) is 33.8 Å². The van der Waals surface area contributed by atoms with Crippen LogP contribution in [0.1, 0.15) is 111 Å². The van der Waals surface area contributed by atoms with Gasteiger partial charge in [-0.3, -0.25) is 33.6 Å². The summed E-state index contributed by atoms with van der Waals surface area (Å²) in [5.41, 5.74) is -2.15. The number of carbonyl (C=O) groups excluding carboxylic acids is 7. The van der Waals surface area contributed by atoms with Gasteiger partial charge in [0.25, 0.3) is 0 Å². The monoisotopic (exact) mass is 903 g/mol. The molecule has 1 saturated heterocycles. The van der Waals surface area contributed by atoms with Gasteiger partial charge in [-0.2, -0.15) is 13.2 Å². The predicted molar refractivity (Wildman–Crippen MR) is 225 cm³/mol. The maximum absolute atomic E-state index is 14.4. The Balaban J connectivity index is 1.91. The van der Waals surface area contributed by atoms with Crippen molar-refractivity contribution in [3.63, 3.8) is 0 Å². The van der Waals surface area contributed by atoms with Crippen LogP contribution in [0.3, 0.4) is 0 Å². The highest BCUT2D eigenvalue weighted by atomic mass is 35.5. The van der Waals surface area contributed by atoms with Gasteiger partial charge < -0.3 is 36.4 Å². The highest BCUT2D eigenvalue weighted by Gasteiger charge is 2.60. The lowest BCUT2D eigenvalue weighted by Gasteiger charge is -2.38. The Labute approximate surface area is 366 Å². The van der Waals surface area contributed by atoms with Crippen LogP contribution in [0.2, 0.25) is 10.0 Å². The standard InChI is InChI=1S/C42H62Cl2F3N7O7/c1-8-29-34(55)48-20-14-11-15-32(53(6)38(59)25(5)49-35(56)30(9-2)52-40(61)41(42(45,46)47)18-12-10-13-19-41)36(57)51-31(21-24(3)4)39(60)54(7)33(37(58)50-29)23-26-22-27(43)16-17-28(26)44/h16-17,22,24-25,29-33H,8-15,18-21,23H2,1-7H3,(H,48,55)(H,49,56)(H,50,58)(H,51,57)(H,52,61)/t25-,29+,30-,31-,32-,33-/m0/s1. The van der Waals surface area contributed by atoms with E-state index < -0.39 is 89.2 Å². The third-order valence-corrected chi connectivity index (χ3v) is 12.3. The van der Waals surface area contributed by atoms with Crippen molar-refractivity contribution < 1.29 is 46.7 Å². The highest BCUT2D eigenvalue weighted by Crippen LogP contribution is 2.49. The molecular formula is C42H62Cl2F3N7O7. The van der Waals surface area contributed by atoms with E-state index in [1.54, 1.807) is 25.1 Å². The number of halogens is 5. The van der Waals surface area contributed by atoms with Crippen molar-refractivity contribution in [1.29, 1.82) is 0 Å². The molecule has 19 heteroatoms. The van der Waals surface area contributed by atoms with Crippen LogP contribution in [0.15, 0.2) is 18.2 Å². The molecule has 1 aliphatic heterocycles. The lowest BCUT2D eigenvalue weighted by molar-refractivity contribution is -0.230. The molecular weight excluding hydrogens is 842 g/mol. The van der Waals surface area contributed by atoms with Crippen LogP contribution in [-0.4, -0.2) is 114 Å². The minimum absolute atomic E-state index is 0.0583. The van der Waals surface area contributed by atoms with Gasteiger partial charge in [-0.15, -0.1) is 0 Å². The van der Waals surface area contributed by atoms with E-state index in [1.165, 1.54) is 32.8 Å². The van der Waals surface area contributed by atoms with Crippen LogP contribution in [-0.2, 0) is 40.0 Å². The average molecular weight is 905 g/mol. The van der Waals surface area contributed by atoms with Gasteiger partial charge in [-0.1, -0.05) is 70.2 Å². The van der Waals surface area contributed by atoms with E-state index in [1.807, 2.05) is 13.8 Å². The van der Waals surface area contributed by atoms with Gasteiger partial charge in [0.15, 0.2) is 0 Å². The van der Waals surface area contributed by atoms with Gasteiger partial charge in [-0.05, 0) is 88.0 Å². The van der Waals surface area contributed by atoms with Gasteiger partial charge >= 0.3 is 6.18 Å². The number of nitrogens with zero attached hydrogens (tertiary/aromatic N) is 2. The summed E-state index contributed by atoms with van der Waals surface area (Å²) < 4.78 is 42.7. The number of nitrogens with one attached hydrogen (secondary N) is 5. The van der Waals surface area contributed by atoms with E-state index >= 15 is 0 Å². The zero-order chi connectivity index (χ0) is 45.8. The summed E-state index contributed by atoms with van der Waals surface area (Å²) in [6.45, 7) is 8.48. The first-order chi connectivity index (χ1) is 28.6. The van der Waals surface area contributed by atoms with Gasteiger partial charge in [-0.25, -0.2) is 0 Å². The summed E-state index contributed by atoms with van der Waals surface area (Å²) in [6, 6.07) is -2.42. The summed E-state index contributed by atoms with van der Waals surface area (Å²) in [7, 11) is 2.77. The molecule has 1 aromatic carbocycles. The van der Waals surface area contributed by atoms with Gasteiger partial charge in [0, 0.05) is 37.1 Å². The van der Waals surface area contributed by atoms with Crippen molar-refractivity contribution in [2.45, 2.75) is 154 Å². The van der Waals surface area contributed by atoms with Crippen LogP contribution in [0.4, 0.5) is 13.2 Å². The van der Waals surface area contributed by atoms with Crippen molar-refractivity contribution in [2.24, 2.45) is 11.3 Å².